The van der Waals surface area contributed by atoms with Gasteiger partial charge in [0.05, 0.1) is 11.6 Å². The lowest BCUT2D eigenvalue weighted by molar-refractivity contribution is -0.127. The topological polar surface area (TPSA) is 41.1 Å². The molecule has 0 saturated heterocycles. The number of amides is 1. The third kappa shape index (κ3) is 3.82. The van der Waals surface area contributed by atoms with Gasteiger partial charge in [0.15, 0.2) is 0 Å². The number of carbonyl (C=O) groups excluding carboxylic acids is 1. The summed E-state index contributed by atoms with van der Waals surface area (Å²) in [6.45, 7) is 8.70. The van der Waals surface area contributed by atoms with Gasteiger partial charge in [-0.05, 0) is 38.3 Å². The van der Waals surface area contributed by atoms with Gasteiger partial charge in [-0.25, -0.2) is 0 Å². The van der Waals surface area contributed by atoms with E-state index >= 15 is 0 Å². The molecule has 0 aliphatic rings. The molecule has 0 spiro atoms. The van der Waals surface area contributed by atoms with E-state index < -0.39 is 5.54 Å². The van der Waals surface area contributed by atoms with E-state index in [1.165, 1.54) is 4.88 Å². The molecule has 1 amide bonds. The molecule has 96 valence electrons. The minimum Gasteiger partial charge on any atom is -0.347 e. The predicted octanol–water partition coefficient (Wildman–Crippen LogP) is 2.70. The van der Waals surface area contributed by atoms with Crippen molar-refractivity contribution in [1.29, 1.82) is 0 Å². The number of nitrogens with one attached hydrogen (secondary N) is 2. The SMILES string of the molecule is CCNC(C)(C)C(=O)NC(CC)c1cccs1. The predicted molar refractivity (Wildman–Crippen MR) is 73.2 cm³/mol. The van der Waals surface area contributed by atoms with E-state index in [1.54, 1.807) is 11.3 Å². The summed E-state index contributed by atoms with van der Waals surface area (Å²) in [5.41, 5.74) is -0.514. The molecule has 1 aromatic rings. The maximum Gasteiger partial charge on any atom is 0.240 e. The van der Waals surface area contributed by atoms with Crippen molar-refractivity contribution >= 4 is 17.2 Å². The van der Waals surface area contributed by atoms with E-state index in [0.717, 1.165) is 13.0 Å². The molecule has 1 rings (SSSR count). The second kappa shape index (κ2) is 6.17. The first-order valence-electron chi connectivity index (χ1n) is 6.10. The summed E-state index contributed by atoms with van der Waals surface area (Å²) >= 11 is 1.69. The quantitative estimate of drug-likeness (QED) is 0.819. The van der Waals surface area contributed by atoms with E-state index in [-0.39, 0.29) is 11.9 Å². The van der Waals surface area contributed by atoms with Crippen LogP contribution in [0.25, 0.3) is 0 Å². The maximum atomic E-state index is 12.2. The zero-order valence-electron chi connectivity index (χ0n) is 11.0. The molecule has 1 atom stereocenters. The lowest BCUT2D eigenvalue weighted by Gasteiger charge is -2.27. The molecule has 0 bridgehead atoms. The number of carbonyl (C=O) groups is 1. The van der Waals surface area contributed by atoms with E-state index in [0.29, 0.717) is 0 Å². The van der Waals surface area contributed by atoms with Gasteiger partial charge < -0.3 is 10.6 Å². The van der Waals surface area contributed by atoms with Gasteiger partial charge >= 0.3 is 0 Å². The molecule has 0 aliphatic heterocycles. The van der Waals surface area contributed by atoms with Gasteiger partial charge in [0.2, 0.25) is 5.91 Å². The van der Waals surface area contributed by atoms with E-state index in [9.17, 15) is 4.79 Å². The van der Waals surface area contributed by atoms with Crippen LogP contribution in [-0.2, 0) is 4.79 Å². The van der Waals surface area contributed by atoms with Gasteiger partial charge in [-0.3, -0.25) is 4.79 Å². The van der Waals surface area contributed by atoms with E-state index in [2.05, 4.69) is 23.6 Å². The molecule has 1 heterocycles. The highest BCUT2D eigenvalue weighted by Gasteiger charge is 2.28. The summed E-state index contributed by atoms with van der Waals surface area (Å²) in [5.74, 6) is 0.0552. The average Bonchev–Trinajstić information content (AvgIpc) is 2.78. The molecule has 4 heteroatoms. The van der Waals surface area contributed by atoms with Crippen LogP contribution in [0, 0.1) is 0 Å². The Morgan fingerprint density at radius 1 is 1.47 bits per heavy atom. The highest BCUT2D eigenvalue weighted by atomic mass is 32.1. The Morgan fingerprint density at radius 3 is 2.65 bits per heavy atom. The summed E-state index contributed by atoms with van der Waals surface area (Å²) < 4.78 is 0. The molecule has 1 aromatic heterocycles. The molecular formula is C13H22N2OS. The van der Waals surface area contributed by atoms with Crippen LogP contribution in [0.3, 0.4) is 0 Å². The highest BCUT2D eigenvalue weighted by molar-refractivity contribution is 7.10. The van der Waals surface area contributed by atoms with Crippen LogP contribution >= 0.6 is 11.3 Å². The monoisotopic (exact) mass is 254 g/mol. The van der Waals surface area contributed by atoms with Crippen molar-refractivity contribution in [3.63, 3.8) is 0 Å². The first kappa shape index (κ1) is 14.2. The summed E-state index contributed by atoms with van der Waals surface area (Å²) in [7, 11) is 0. The third-order valence-corrected chi connectivity index (χ3v) is 3.77. The van der Waals surface area contributed by atoms with Crippen LogP contribution in [-0.4, -0.2) is 18.0 Å². The first-order valence-corrected chi connectivity index (χ1v) is 6.98. The minimum absolute atomic E-state index is 0.0552. The lowest BCUT2D eigenvalue weighted by atomic mass is 10.0. The van der Waals surface area contributed by atoms with Crippen LogP contribution < -0.4 is 10.6 Å². The van der Waals surface area contributed by atoms with Crippen molar-refractivity contribution in [3.8, 4) is 0 Å². The Hall–Kier alpha value is -0.870. The molecule has 0 aromatic carbocycles. The number of rotatable bonds is 6. The molecule has 0 aliphatic carbocycles. The van der Waals surface area contributed by atoms with Gasteiger partial charge in [0, 0.05) is 4.88 Å². The fraction of sp³-hybridized carbons (Fsp3) is 0.615. The second-order valence-corrected chi connectivity index (χ2v) is 5.58. The van der Waals surface area contributed by atoms with Gasteiger partial charge in [0.1, 0.15) is 0 Å². The highest BCUT2D eigenvalue weighted by Crippen LogP contribution is 2.22. The first-order chi connectivity index (χ1) is 8.01. The van der Waals surface area contributed by atoms with Gasteiger partial charge in [-0.2, -0.15) is 0 Å². The van der Waals surface area contributed by atoms with Crippen LogP contribution in [0.5, 0.6) is 0 Å². The number of likely N-dealkylation sites (N-methyl/N-ethyl adjacent to an activating group) is 1. The van der Waals surface area contributed by atoms with E-state index in [4.69, 9.17) is 0 Å². The Bertz CT molecular complexity index is 346. The summed E-state index contributed by atoms with van der Waals surface area (Å²) in [4.78, 5) is 13.4. The van der Waals surface area contributed by atoms with Crippen molar-refractivity contribution in [2.75, 3.05) is 6.54 Å². The van der Waals surface area contributed by atoms with Crippen LogP contribution in [0.1, 0.15) is 45.0 Å². The number of thiophene rings is 1. The molecule has 3 nitrogen and oxygen atoms in total. The molecule has 0 radical (unpaired) electrons. The molecular weight excluding hydrogens is 232 g/mol. The lowest BCUT2D eigenvalue weighted by Crippen LogP contribution is -2.53. The molecule has 0 fully saturated rings. The number of hydrogen-bond donors (Lipinski definition) is 2. The summed E-state index contributed by atoms with van der Waals surface area (Å²) in [6.07, 6.45) is 0.911. The van der Waals surface area contributed by atoms with Gasteiger partial charge in [0.25, 0.3) is 0 Å². The Morgan fingerprint density at radius 2 is 2.18 bits per heavy atom. The number of hydrogen-bond acceptors (Lipinski definition) is 3. The fourth-order valence-electron chi connectivity index (χ4n) is 1.72. The van der Waals surface area contributed by atoms with Crippen LogP contribution in [0.4, 0.5) is 0 Å². The van der Waals surface area contributed by atoms with Crippen LogP contribution in [0.15, 0.2) is 17.5 Å². The Balaban J connectivity index is 2.66. The molecule has 0 saturated carbocycles. The van der Waals surface area contributed by atoms with Crippen molar-refractivity contribution in [1.82, 2.24) is 10.6 Å². The Kier molecular flexibility index (Phi) is 5.15. The zero-order valence-corrected chi connectivity index (χ0v) is 11.9. The fourth-order valence-corrected chi connectivity index (χ4v) is 2.59. The largest absolute Gasteiger partial charge is 0.347 e. The summed E-state index contributed by atoms with van der Waals surface area (Å²) in [5, 5.41) is 8.33. The molecule has 2 N–H and O–H groups in total. The van der Waals surface area contributed by atoms with Crippen molar-refractivity contribution < 1.29 is 4.79 Å². The normalized spacial score (nSPS) is 13.4. The van der Waals surface area contributed by atoms with Crippen molar-refractivity contribution in [3.05, 3.63) is 22.4 Å². The summed E-state index contributed by atoms with van der Waals surface area (Å²) in [6, 6.07) is 4.21. The van der Waals surface area contributed by atoms with Gasteiger partial charge in [-0.1, -0.05) is 19.9 Å². The molecule has 17 heavy (non-hydrogen) atoms. The van der Waals surface area contributed by atoms with Gasteiger partial charge in [-0.15, -0.1) is 11.3 Å². The van der Waals surface area contributed by atoms with Crippen LogP contribution in [0.2, 0.25) is 0 Å². The van der Waals surface area contributed by atoms with Crippen molar-refractivity contribution in [2.24, 2.45) is 0 Å². The maximum absolute atomic E-state index is 12.2. The van der Waals surface area contributed by atoms with E-state index in [1.807, 2.05) is 32.2 Å². The Labute approximate surface area is 108 Å². The molecule has 1 unspecified atom stereocenters. The van der Waals surface area contributed by atoms with Crippen molar-refractivity contribution in [2.45, 2.75) is 45.7 Å². The third-order valence-electron chi connectivity index (χ3n) is 2.79. The standard InChI is InChI=1S/C13H22N2OS/c1-5-10(11-8-7-9-17-11)15-12(16)13(3,4)14-6-2/h7-10,14H,5-6H2,1-4H3,(H,15,16). The average molecular weight is 254 g/mol. The second-order valence-electron chi connectivity index (χ2n) is 4.61. The zero-order chi connectivity index (χ0) is 12.9. The minimum atomic E-state index is -0.514. The smallest absolute Gasteiger partial charge is 0.240 e.